The normalized spacial score (nSPS) is 14.9. The molecule has 5 heteroatoms. The number of anilines is 2. The summed E-state index contributed by atoms with van der Waals surface area (Å²) in [6.45, 7) is 0. The highest BCUT2D eigenvalue weighted by Crippen LogP contribution is 2.35. The van der Waals surface area contributed by atoms with Crippen molar-refractivity contribution in [2.45, 2.75) is 38.0 Å². The van der Waals surface area contributed by atoms with Gasteiger partial charge in [0.05, 0.1) is 19.7 Å². The number of hydrogen-bond acceptors (Lipinski definition) is 5. The van der Waals surface area contributed by atoms with Gasteiger partial charge in [0, 0.05) is 17.1 Å². The fourth-order valence-corrected chi connectivity index (χ4v) is 3.89. The maximum atomic E-state index is 5.42. The standard InChI is InChI=1S/C22H25N3O2/c1-26-20-12-18-19(13-21(20)27-2)23-14-24-22(18)25-17-10-8-16(9-11-17)15-6-4-3-5-7-15/h8-15H,3-7H2,1-2H3,(H,23,24,25). The molecule has 1 fully saturated rings. The molecule has 27 heavy (non-hydrogen) atoms. The maximum Gasteiger partial charge on any atom is 0.162 e. The van der Waals surface area contributed by atoms with Crippen LogP contribution < -0.4 is 14.8 Å². The van der Waals surface area contributed by atoms with Gasteiger partial charge in [-0.25, -0.2) is 9.97 Å². The molecule has 0 bridgehead atoms. The lowest BCUT2D eigenvalue weighted by atomic mass is 9.84. The predicted molar refractivity (Wildman–Crippen MR) is 108 cm³/mol. The Morgan fingerprint density at radius 2 is 1.59 bits per heavy atom. The Bertz CT molecular complexity index is 919. The van der Waals surface area contributed by atoms with Crippen LogP contribution in [-0.4, -0.2) is 24.2 Å². The quantitative estimate of drug-likeness (QED) is 0.654. The van der Waals surface area contributed by atoms with E-state index in [9.17, 15) is 0 Å². The van der Waals surface area contributed by atoms with Gasteiger partial charge >= 0.3 is 0 Å². The summed E-state index contributed by atoms with van der Waals surface area (Å²) in [5.74, 6) is 2.79. The zero-order valence-electron chi connectivity index (χ0n) is 15.9. The fourth-order valence-electron chi connectivity index (χ4n) is 3.89. The molecule has 0 unspecified atom stereocenters. The van der Waals surface area contributed by atoms with Crippen LogP contribution >= 0.6 is 0 Å². The number of fused-ring (bicyclic) bond motifs is 1. The minimum atomic E-state index is 0.659. The first-order valence-electron chi connectivity index (χ1n) is 9.52. The third-order valence-corrected chi connectivity index (χ3v) is 5.39. The van der Waals surface area contributed by atoms with Crippen LogP contribution in [0.5, 0.6) is 11.5 Å². The summed E-state index contributed by atoms with van der Waals surface area (Å²) in [4.78, 5) is 8.78. The molecule has 1 saturated carbocycles. The van der Waals surface area contributed by atoms with Crippen LogP contribution in [0.25, 0.3) is 10.9 Å². The Morgan fingerprint density at radius 3 is 2.30 bits per heavy atom. The Morgan fingerprint density at radius 1 is 0.889 bits per heavy atom. The van der Waals surface area contributed by atoms with Gasteiger partial charge in [-0.2, -0.15) is 0 Å². The summed E-state index contributed by atoms with van der Waals surface area (Å²) in [7, 11) is 3.25. The van der Waals surface area contributed by atoms with E-state index in [4.69, 9.17) is 9.47 Å². The minimum Gasteiger partial charge on any atom is -0.493 e. The molecule has 0 aliphatic heterocycles. The van der Waals surface area contributed by atoms with E-state index in [1.807, 2.05) is 12.1 Å². The summed E-state index contributed by atoms with van der Waals surface area (Å²) >= 11 is 0. The molecule has 1 N–H and O–H groups in total. The van der Waals surface area contributed by atoms with Gasteiger partial charge in [0.25, 0.3) is 0 Å². The van der Waals surface area contributed by atoms with Crippen molar-refractivity contribution in [3.63, 3.8) is 0 Å². The first kappa shape index (κ1) is 17.6. The highest BCUT2D eigenvalue weighted by molar-refractivity contribution is 5.93. The monoisotopic (exact) mass is 363 g/mol. The number of nitrogens with zero attached hydrogens (tertiary/aromatic N) is 2. The summed E-state index contributed by atoms with van der Waals surface area (Å²) < 4.78 is 10.8. The van der Waals surface area contributed by atoms with Crippen LogP contribution in [0.3, 0.4) is 0 Å². The van der Waals surface area contributed by atoms with E-state index in [1.54, 1.807) is 20.5 Å². The number of rotatable bonds is 5. The Hall–Kier alpha value is -2.82. The van der Waals surface area contributed by atoms with Crippen molar-refractivity contribution in [1.29, 1.82) is 0 Å². The Kier molecular flexibility index (Phi) is 5.10. The summed E-state index contributed by atoms with van der Waals surface area (Å²) in [6.07, 6.45) is 8.26. The third kappa shape index (κ3) is 3.68. The van der Waals surface area contributed by atoms with Gasteiger partial charge in [-0.3, -0.25) is 0 Å². The summed E-state index contributed by atoms with van der Waals surface area (Å²) in [5, 5.41) is 4.31. The molecule has 1 aromatic heterocycles. The van der Waals surface area contributed by atoms with Gasteiger partial charge in [0.15, 0.2) is 11.5 Å². The van der Waals surface area contributed by atoms with E-state index in [0.717, 1.165) is 22.4 Å². The topological polar surface area (TPSA) is 56.3 Å². The van der Waals surface area contributed by atoms with Gasteiger partial charge in [-0.05, 0) is 42.5 Å². The molecule has 0 radical (unpaired) electrons. The van der Waals surface area contributed by atoms with Crippen molar-refractivity contribution in [3.05, 3.63) is 48.3 Å². The lowest BCUT2D eigenvalue weighted by Gasteiger charge is -2.22. The Labute approximate surface area is 159 Å². The first-order chi connectivity index (χ1) is 13.3. The van der Waals surface area contributed by atoms with Crippen molar-refractivity contribution in [2.24, 2.45) is 0 Å². The van der Waals surface area contributed by atoms with Gasteiger partial charge in [-0.15, -0.1) is 0 Å². The van der Waals surface area contributed by atoms with Crippen molar-refractivity contribution in [1.82, 2.24) is 9.97 Å². The summed E-state index contributed by atoms with van der Waals surface area (Å²) in [5.41, 5.74) is 3.27. The number of benzene rings is 2. The molecule has 2 aromatic carbocycles. The largest absolute Gasteiger partial charge is 0.493 e. The van der Waals surface area contributed by atoms with E-state index in [2.05, 4.69) is 39.6 Å². The van der Waals surface area contributed by atoms with Crippen LogP contribution in [0.2, 0.25) is 0 Å². The van der Waals surface area contributed by atoms with Crippen LogP contribution in [0.1, 0.15) is 43.6 Å². The predicted octanol–water partition coefficient (Wildman–Crippen LogP) is 5.44. The zero-order chi connectivity index (χ0) is 18.6. The summed E-state index contributed by atoms with van der Waals surface area (Å²) in [6, 6.07) is 12.5. The molecule has 3 aromatic rings. The van der Waals surface area contributed by atoms with E-state index in [0.29, 0.717) is 17.4 Å². The highest BCUT2D eigenvalue weighted by Gasteiger charge is 2.15. The smallest absolute Gasteiger partial charge is 0.162 e. The van der Waals surface area contributed by atoms with Gasteiger partial charge in [-0.1, -0.05) is 31.4 Å². The van der Waals surface area contributed by atoms with Crippen molar-refractivity contribution >= 4 is 22.4 Å². The number of aromatic nitrogens is 2. The van der Waals surface area contributed by atoms with Gasteiger partial charge < -0.3 is 14.8 Å². The van der Waals surface area contributed by atoms with Crippen molar-refractivity contribution in [3.8, 4) is 11.5 Å². The molecule has 4 rings (SSSR count). The van der Waals surface area contributed by atoms with Crippen molar-refractivity contribution in [2.75, 3.05) is 19.5 Å². The molecule has 0 saturated heterocycles. The highest BCUT2D eigenvalue weighted by atomic mass is 16.5. The third-order valence-electron chi connectivity index (χ3n) is 5.39. The average molecular weight is 363 g/mol. The van der Waals surface area contributed by atoms with Gasteiger partial charge in [0.1, 0.15) is 12.1 Å². The maximum absolute atomic E-state index is 5.42. The second kappa shape index (κ2) is 7.82. The van der Waals surface area contributed by atoms with Gasteiger partial charge in [0.2, 0.25) is 0 Å². The molecule has 0 amide bonds. The van der Waals surface area contributed by atoms with Crippen LogP contribution in [0.4, 0.5) is 11.5 Å². The molecule has 1 aliphatic carbocycles. The lowest BCUT2D eigenvalue weighted by Crippen LogP contribution is -2.04. The Balaban J connectivity index is 1.61. The fraction of sp³-hybridized carbons (Fsp3) is 0.364. The average Bonchev–Trinajstić information content (AvgIpc) is 2.74. The molecule has 1 aliphatic rings. The van der Waals surface area contributed by atoms with E-state index < -0.39 is 0 Å². The number of methoxy groups -OCH3 is 2. The van der Waals surface area contributed by atoms with E-state index in [-0.39, 0.29) is 0 Å². The lowest BCUT2D eigenvalue weighted by molar-refractivity contribution is 0.356. The molecule has 0 spiro atoms. The molecular formula is C22H25N3O2. The van der Waals surface area contributed by atoms with Crippen molar-refractivity contribution < 1.29 is 9.47 Å². The number of ether oxygens (including phenoxy) is 2. The molecule has 5 nitrogen and oxygen atoms in total. The zero-order valence-corrected chi connectivity index (χ0v) is 15.9. The SMILES string of the molecule is COc1cc2ncnc(Nc3ccc(C4CCCCC4)cc3)c2cc1OC. The second-order valence-electron chi connectivity index (χ2n) is 7.03. The molecule has 0 atom stereocenters. The van der Waals surface area contributed by atoms with E-state index in [1.165, 1.54) is 37.7 Å². The minimum absolute atomic E-state index is 0.659. The molecular weight excluding hydrogens is 338 g/mol. The molecule has 140 valence electrons. The van der Waals surface area contributed by atoms with Crippen LogP contribution in [-0.2, 0) is 0 Å². The number of hydrogen-bond donors (Lipinski definition) is 1. The number of nitrogens with one attached hydrogen (secondary N) is 1. The van der Waals surface area contributed by atoms with Crippen LogP contribution in [0.15, 0.2) is 42.7 Å². The van der Waals surface area contributed by atoms with E-state index >= 15 is 0 Å². The first-order valence-corrected chi connectivity index (χ1v) is 9.52. The second-order valence-corrected chi connectivity index (χ2v) is 7.03. The van der Waals surface area contributed by atoms with Crippen LogP contribution in [0, 0.1) is 0 Å². The molecule has 1 heterocycles.